The summed E-state index contributed by atoms with van der Waals surface area (Å²) in [5.41, 5.74) is 2.19. The molecule has 3 rings (SSSR count). The number of rotatable bonds is 2. The van der Waals surface area contributed by atoms with Gasteiger partial charge >= 0.3 is 0 Å². The van der Waals surface area contributed by atoms with E-state index in [9.17, 15) is 4.39 Å². The normalized spacial score (nSPS) is 10.8. The van der Waals surface area contributed by atoms with Crippen molar-refractivity contribution in [3.63, 3.8) is 0 Å². The average molecular weight is 349 g/mol. The van der Waals surface area contributed by atoms with Crippen molar-refractivity contribution in [1.82, 2.24) is 9.97 Å². The third-order valence-electron chi connectivity index (χ3n) is 2.86. The number of aromatic nitrogens is 2. The molecule has 0 aliphatic rings. The van der Waals surface area contributed by atoms with Crippen LogP contribution in [0.2, 0.25) is 0 Å². The molecule has 0 atom stereocenters. The summed E-state index contributed by atoms with van der Waals surface area (Å²) in [4.78, 5) is 9.67. The Labute approximate surface area is 128 Å². The highest BCUT2D eigenvalue weighted by Gasteiger charge is 2.15. The number of benzene rings is 1. The molecule has 0 fully saturated rings. The van der Waals surface area contributed by atoms with Gasteiger partial charge in [0.2, 0.25) is 0 Å². The van der Waals surface area contributed by atoms with Gasteiger partial charge in [-0.15, -0.1) is 11.3 Å². The first-order valence-electron chi connectivity index (χ1n) is 5.99. The summed E-state index contributed by atoms with van der Waals surface area (Å²) >= 11 is 4.90. The lowest BCUT2D eigenvalue weighted by atomic mass is 10.1. The van der Waals surface area contributed by atoms with Gasteiger partial charge in [0.15, 0.2) is 5.82 Å². The molecule has 5 heteroatoms. The fraction of sp³-hybridized carbons (Fsp3) is 0.0667. The van der Waals surface area contributed by atoms with Crippen LogP contribution in [0.15, 0.2) is 47.1 Å². The van der Waals surface area contributed by atoms with Crippen LogP contribution in [0.5, 0.6) is 0 Å². The van der Waals surface area contributed by atoms with Crippen molar-refractivity contribution in [3.8, 4) is 22.0 Å². The minimum absolute atomic E-state index is 0.307. The van der Waals surface area contributed by atoms with E-state index in [4.69, 9.17) is 0 Å². The molecule has 2 nitrogen and oxygen atoms in total. The number of hydrogen-bond donors (Lipinski definition) is 0. The zero-order chi connectivity index (χ0) is 14.1. The summed E-state index contributed by atoms with van der Waals surface area (Å²) in [6.07, 6.45) is 1.58. The molecule has 0 saturated carbocycles. The predicted molar refractivity (Wildman–Crippen MR) is 83.2 cm³/mol. The van der Waals surface area contributed by atoms with Crippen LogP contribution in [0.3, 0.4) is 0 Å². The summed E-state index contributed by atoms with van der Waals surface area (Å²) in [6.45, 7) is 1.98. The summed E-state index contributed by atoms with van der Waals surface area (Å²) in [7, 11) is 0. The number of halogens is 2. The van der Waals surface area contributed by atoms with Gasteiger partial charge in [-0.25, -0.2) is 9.37 Å². The van der Waals surface area contributed by atoms with Crippen molar-refractivity contribution < 1.29 is 4.39 Å². The van der Waals surface area contributed by atoms with Crippen LogP contribution in [-0.4, -0.2) is 9.97 Å². The van der Waals surface area contributed by atoms with Crippen molar-refractivity contribution in [2.24, 2.45) is 0 Å². The van der Waals surface area contributed by atoms with E-state index in [1.165, 1.54) is 17.4 Å². The maximum Gasteiger partial charge on any atom is 0.151 e. The van der Waals surface area contributed by atoms with E-state index < -0.39 is 0 Å². The summed E-state index contributed by atoms with van der Waals surface area (Å²) in [5, 5.41) is 0.607. The van der Waals surface area contributed by atoms with E-state index in [0.29, 0.717) is 10.7 Å². The Morgan fingerprint density at radius 2 is 2.00 bits per heavy atom. The Bertz CT molecular complexity index is 770. The summed E-state index contributed by atoms with van der Waals surface area (Å²) in [6, 6.07) is 10.9. The van der Waals surface area contributed by atoms with Crippen molar-refractivity contribution in [2.75, 3.05) is 0 Å². The maximum absolute atomic E-state index is 13.8. The lowest BCUT2D eigenvalue weighted by molar-refractivity contribution is 0.625. The molecule has 0 amide bonds. The van der Waals surface area contributed by atoms with Crippen LogP contribution >= 0.6 is 27.3 Å². The van der Waals surface area contributed by atoms with Gasteiger partial charge in [0.05, 0.1) is 5.69 Å². The van der Waals surface area contributed by atoms with Crippen LogP contribution in [0.1, 0.15) is 4.88 Å². The first-order valence-corrected chi connectivity index (χ1v) is 7.60. The zero-order valence-electron chi connectivity index (χ0n) is 10.6. The molecular formula is C15H10BrFN2S. The first-order chi connectivity index (χ1) is 9.65. The van der Waals surface area contributed by atoms with Crippen LogP contribution in [0.4, 0.5) is 4.39 Å². The van der Waals surface area contributed by atoms with E-state index in [1.807, 2.05) is 31.2 Å². The Balaban J connectivity index is 2.10. The second kappa shape index (κ2) is 5.42. The fourth-order valence-electron chi connectivity index (χ4n) is 1.94. The van der Waals surface area contributed by atoms with Gasteiger partial charge in [-0.1, -0.05) is 28.1 Å². The van der Waals surface area contributed by atoms with Gasteiger partial charge in [-0.3, -0.25) is 4.98 Å². The molecule has 0 bridgehead atoms. The van der Waals surface area contributed by atoms with E-state index >= 15 is 0 Å². The highest BCUT2D eigenvalue weighted by molar-refractivity contribution is 9.10. The molecule has 1 aromatic carbocycles. The van der Waals surface area contributed by atoms with Gasteiger partial charge in [0.1, 0.15) is 10.7 Å². The molecule has 2 aromatic heterocycles. The molecule has 3 aromatic rings. The Kier molecular flexibility index (Phi) is 3.63. The summed E-state index contributed by atoms with van der Waals surface area (Å²) in [5.74, 6) is -0.345. The number of hydrogen-bond acceptors (Lipinski definition) is 3. The molecule has 20 heavy (non-hydrogen) atoms. The number of pyridine rings is 1. The van der Waals surface area contributed by atoms with E-state index in [1.54, 1.807) is 12.3 Å². The van der Waals surface area contributed by atoms with Crippen molar-refractivity contribution >= 4 is 27.3 Å². The third-order valence-corrected chi connectivity index (χ3v) is 4.33. The third kappa shape index (κ3) is 2.51. The number of thiazole rings is 1. The molecule has 0 N–H and O–H groups in total. The molecule has 0 aliphatic carbocycles. The molecule has 0 unspecified atom stereocenters. The lowest BCUT2D eigenvalue weighted by Crippen LogP contribution is -1.87. The molecule has 100 valence electrons. The molecule has 0 spiro atoms. The van der Waals surface area contributed by atoms with E-state index in [2.05, 4.69) is 25.9 Å². The van der Waals surface area contributed by atoms with Crippen LogP contribution < -0.4 is 0 Å². The molecule has 0 radical (unpaired) electrons. The predicted octanol–water partition coefficient (Wildman–Crippen LogP) is 5.08. The number of nitrogens with zero attached hydrogens (tertiary/aromatic N) is 2. The quantitative estimate of drug-likeness (QED) is 0.645. The fourth-order valence-corrected chi connectivity index (χ4v) is 3.28. The smallest absolute Gasteiger partial charge is 0.151 e. The summed E-state index contributed by atoms with van der Waals surface area (Å²) < 4.78 is 14.8. The van der Waals surface area contributed by atoms with E-state index in [0.717, 1.165) is 20.6 Å². The van der Waals surface area contributed by atoms with E-state index in [-0.39, 0.29) is 5.82 Å². The first kappa shape index (κ1) is 13.4. The average Bonchev–Trinajstić information content (AvgIpc) is 2.81. The van der Waals surface area contributed by atoms with Crippen LogP contribution in [0, 0.1) is 12.7 Å². The lowest BCUT2D eigenvalue weighted by Gasteiger charge is -1.99. The Hall–Kier alpha value is -1.59. The topological polar surface area (TPSA) is 25.8 Å². The van der Waals surface area contributed by atoms with Gasteiger partial charge in [0, 0.05) is 21.1 Å². The zero-order valence-corrected chi connectivity index (χ0v) is 13.0. The molecular weight excluding hydrogens is 339 g/mol. The van der Waals surface area contributed by atoms with Gasteiger partial charge in [-0.2, -0.15) is 0 Å². The minimum Gasteiger partial charge on any atom is -0.251 e. The standard InChI is InChI=1S/C15H10BrFN2S/c1-9-13(10-4-2-5-11(16)8-10)19-15(20-9)14-12(17)6-3-7-18-14/h2-8H,1H3. The highest BCUT2D eigenvalue weighted by atomic mass is 79.9. The second-order valence-corrected chi connectivity index (χ2v) is 6.39. The SMILES string of the molecule is Cc1sc(-c2ncccc2F)nc1-c1cccc(Br)c1. The number of aryl methyl sites for hydroxylation is 1. The van der Waals surface area contributed by atoms with Gasteiger partial charge in [-0.05, 0) is 31.2 Å². The van der Waals surface area contributed by atoms with Gasteiger partial charge < -0.3 is 0 Å². The Morgan fingerprint density at radius 1 is 1.15 bits per heavy atom. The van der Waals surface area contributed by atoms with Crippen LogP contribution in [-0.2, 0) is 0 Å². The van der Waals surface area contributed by atoms with Crippen molar-refractivity contribution in [3.05, 3.63) is 57.8 Å². The molecule has 0 saturated heterocycles. The maximum atomic E-state index is 13.8. The van der Waals surface area contributed by atoms with Crippen LogP contribution in [0.25, 0.3) is 22.0 Å². The molecule has 2 heterocycles. The monoisotopic (exact) mass is 348 g/mol. The highest BCUT2D eigenvalue weighted by Crippen LogP contribution is 2.34. The Morgan fingerprint density at radius 3 is 2.75 bits per heavy atom. The van der Waals surface area contributed by atoms with Gasteiger partial charge in [0.25, 0.3) is 0 Å². The minimum atomic E-state index is -0.345. The van der Waals surface area contributed by atoms with Crippen molar-refractivity contribution in [1.29, 1.82) is 0 Å². The second-order valence-electron chi connectivity index (χ2n) is 4.27. The molecule has 0 aliphatic heterocycles. The van der Waals surface area contributed by atoms with Crippen molar-refractivity contribution in [2.45, 2.75) is 6.92 Å². The largest absolute Gasteiger partial charge is 0.251 e.